The zero-order valence-corrected chi connectivity index (χ0v) is 13.9. The number of ether oxygens (including phenoxy) is 1. The van der Waals surface area contributed by atoms with Crippen LogP contribution in [0.5, 0.6) is 5.75 Å². The van der Waals surface area contributed by atoms with Gasteiger partial charge in [-0.25, -0.2) is 8.78 Å². The molecule has 2 N–H and O–H groups in total. The van der Waals surface area contributed by atoms with Crippen molar-refractivity contribution in [2.75, 3.05) is 6.61 Å². The molecule has 2 amide bonds. The van der Waals surface area contributed by atoms with Crippen molar-refractivity contribution < 1.29 is 23.1 Å². The number of hydrogen-bond acceptors (Lipinski definition) is 3. The molecule has 8 heteroatoms. The highest BCUT2D eigenvalue weighted by Gasteiger charge is 2.08. The van der Waals surface area contributed by atoms with Crippen LogP contribution in [0.3, 0.4) is 0 Å². The molecule has 126 valence electrons. The molecular weight excluding hydrogens is 386 g/mol. The molecule has 0 radical (unpaired) electrons. The number of amides is 2. The molecule has 0 bridgehead atoms. The van der Waals surface area contributed by atoms with Crippen molar-refractivity contribution in [1.29, 1.82) is 0 Å². The van der Waals surface area contributed by atoms with Gasteiger partial charge in [0.05, 0.1) is 10.9 Å². The van der Waals surface area contributed by atoms with Gasteiger partial charge in [-0.2, -0.15) is 0 Å². The summed E-state index contributed by atoms with van der Waals surface area (Å²) in [5.41, 5.74) is 5.02. The number of rotatable bonds is 5. The van der Waals surface area contributed by atoms with Crippen LogP contribution in [0.1, 0.15) is 5.56 Å². The molecule has 0 aliphatic carbocycles. The third-order valence-electron chi connectivity index (χ3n) is 2.87. The van der Waals surface area contributed by atoms with Gasteiger partial charge in [0.25, 0.3) is 5.91 Å². The van der Waals surface area contributed by atoms with E-state index in [9.17, 15) is 18.4 Å². The summed E-state index contributed by atoms with van der Waals surface area (Å²) in [6.07, 6.45) is -0.00900. The summed E-state index contributed by atoms with van der Waals surface area (Å²) in [6, 6.07) is 9.23. The second kappa shape index (κ2) is 8.39. The number of nitrogens with one attached hydrogen (secondary N) is 2. The Bertz CT molecular complexity index is 739. The van der Waals surface area contributed by atoms with E-state index in [0.717, 1.165) is 0 Å². The number of carbonyl (C=O) groups excluding carboxylic acids is 2. The summed E-state index contributed by atoms with van der Waals surface area (Å²) in [5, 5.41) is 0. The van der Waals surface area contributed by atoms with Crippen LogP contribution in [0, 0.1) is 11.6 Å². The lowest BCUT2D eigenvalue weighted by Gasteiger charge is -2.10. The summed E-state index contributed by atoms with van der Waals surface area (Å²) in [7, 11) is 0. The van der Waals surface area contributed by atoms with Crippen molar-refractivity contribution in [2.24, 2.45) is 0 Å². The Morgan fingerprint density at radius 1 is 0.958 bits per heavy atom. The molecule has 0 saturated heterocycles. The third-order valence-corrected chi connectivity index (χ3v) is 3.49. The van der Waals surface area contributed by atoms with Gasteiger partial charge in [0.15, 0.2) is 6.61 Å². The average Bonchev–Trinajstić information content (AvgIpc) is 2.54. The van der Waals surface area contributed by atoms with E-state index in [4.69, 9.17) is 4.74 Å². The van der Waals surface area contributed by atoms with Gasteiger partial charge in [-0.1, -0.05) is 12.1 Å². The summed E-state index contributed by atoms with van der Waals surface area (Å²) in [5.74, 6) is -1.58. The quantitative estimate of drug-likeness (QED) is 0.760. The molecule has 0 fully saturated rings. The van der Waals surface area contributed by atoms with Crippen molar-refractivity contribution in [3.63, 3.8) is 0 Å². The van der Waals surface area contributed by atoms with Gasteiger partial charge in [0, 0.05) is 0 Å². The fourth-order valence-electron chi connectivity index (χ4n) is 1.74. The van der Waals surface area contributed by atoms with E-state index >= 15 is 0 Å². The molecule has 0 aliphatic rings. The highest BCUT2D eigenvalue weighted by Crippen LogP contribution is 2.25. The first-order valence-electron chi connectivity index (χ1n) is 6.84. The lowest BCUT2D eigenvalue weighted by Crippen LogP contribution is -2.44. The molecular formula is C16H13BrF2N2O3. The maximum absolute atomic E-state index is 12.9. The maximum atomic E-state index is 12.9. The van der Waals surface area contributed by atoms with E-state index in [-0.39, 0.29) is 13.0 Å². The Kier molecular flexibility index (Phi) is 6.25. The third kappa shape index (κ3) is 5.62. The number of hydrazine groups is 1. The number of hydrogen-bond donors (Lipinski definition) is 2. The lowest BCUT2D eigenvalue weighted by atomic mass is 10.1. The SMILES string of the molecule is O=C(COc1ccc(F)cc1Br)NNC(=O)Cc1ccc(F)cc1. The topological polar surface area (TPSA) is 67.4 Å². The zero-order chi connectivity index (χ0) is 17.5. The van der Waals surface area contributed by atoms with Crippen LogP contribution in [-0.4, -0.2) is 18.4 Å². The molecule has 0 unspecified atom stereocenters. The van der Waals surface area contributed by atoms with Crippen molar-refractivity contribution in [3.05, 3.63) is 64.1 Å². The first-order valence-corrected chi connectivity index (χ1v) is 7.63. The number of halogens is 3. The molecule has 0 saturated carbocycles. The Labute approximate surface area is 145 Å². The normalized spacial score (nSPS) is 10.1. The number of carbonyl (C=O) groups is 2. The van der Waals surface area contributed by atoms with Crippen LogP contribution in [0.15, 0.2) is 46.9 Å². The minimum absolute atomic E-state index is 0.00900. The molecule has 0 heterocycles. The number of benzene rings is 2. The van der Waals surface area contributed by atoms with Crippen LogP contribution in [0.25, 0.3) is 0 Å². The summed E-state index contributed by atoms with van der Waals surface area (Å²) < 4.78 is 31.3. The second-order valence-corrected chi connectivity index (χ2v) is 5.62. The van der Waals surface area contributed by atoms with E-state index < -0.39 is 23.4 Å². The Balaban J connectivity index is 1.74. The lowest BCUT2D eigenvalue weighted by molar-refractivity contribution is -0.129. The van der Waals surface area contributed by atoms with E-state index in [1.54, 1.807) is 0 Å². The second-order valence-electron chi connectivity index (χ2n) is 4.76. The highest BCUT2D eigenvalue weighted by atomic mass is 79.9. The van der Waals surface area contributed by atoms with Crippen LogP contribution in [0.2, 0.25) is 0 Å². The molecule has 0 spiro atoms. The van der Waals surface area contributed by atoms with Crippen molar-refractivity contribution >= 4 is 27.7 Å². The van der Waals surface area contributed by atoms with E-state index in [0.29, 0.717) is 15.8 Å². The van der Waals surface area contributed by atoms with Gasteiger partial charge in [0.1, 0.15) is 17.4 Å². The fourth-order valence-corrected chi connectivity index (χ4v) is 2.21. The van der Waals surface area contributed by atoms with Gasteiger partial charge in [-0.3, -0.25) is 20.4 Å². The highest BCUT2D eigenvalue weighted by molar-refractivity contribution is 9.10. The van der Waals surface area contributed by atoms with E-state index in [2.05, 4.69) is 26.8 Å². The predicted octanol–water partition coefficient (Wildman–Crippen LogP) is 2.50. The van der Waals surface area contributed by atoms with Crippen LogP contribution < -0.4 is 15.6 Å². The monoisotopic (exact) mass is 398 g/mol. The molecule has 2 aromatic rings. The van der Waals surface area contributed by atoms with Crippen molar-refractivity contribution in [3.8, 4) is 5.75 Å². The molecule has 2 aromatic carbocycles. The molecule has 0 aromatic heterocycles. The summed E-state index contributed by atoms with van der Waals surface area (Å²) in [4.78, 5) is 23.3. The fraction of sp³-hybridized carbons (Fsp3) is 0.125. The Morgan fingerprint density at radius 3 is 2.25 bits per heavy atom. The molecule has 5 nitrogen and oxygen atoms in total. The minimum Gasteiger partial charge on any atom is -0.483 e. The van der Waals surface area contributed by atoms with Gasteiger partial charge in [0.2, 0.25) is 5.91 Å². The van der Waals surface area contributed by atoms with E-state index in [1.165, 1.54) is 42.5 Å². The Morgan fingerprint density at radius 2 is 1.58 bits per heavy atom. The van der Waals surface area contributed by atoms with Crippen molar-refractivity contribution in [1.82, 2.24) is 10.9 Å². The largest absolute Gasteiger partial charge is 0.483 e. The zero-order valence-electron chi connectivity index (χ0n) is 12.3. The van der Waals surface area contributed by atoms with Gasteiger partial charge in [-0.15, -0.1) is 0 Å². The molecule has 0 atom stereocenters. The predicted molar refractivity (Wildman–Crippen MR) is 86.0 cm³/mol. The first-order chi connectivity index (χ1) is 11.4. The van der Waals surface area contributed by atoms with Crippen LogP contribution >= 0.6 is 15.9 Å². The summed E-state index contributed by atoms with van der Waals surface area (Å²) >= 11 is 3.11. The van der Waals surface area contributed by atoms with Gasteiger partial charge in [-0.05, 0) is 51.8 Å². The van der Waals surface area contributed by atoms with E-state index in [1.807, 2.05) is 0 Å². The molecule has 24 heavy (non-hydrogen) atoms. The Hall–Kier alpha value is -2.48. The van der Waals surface area contributed by atoms with Gasteiger partial charge < -0.3 is 4.74 Å². The molecule has 0 aliphatic heterocycles. The van der Waals surface area contributed by atoms with Crippen LogP contribution in [0.4, 0.5) is 8.78 Å². The standard InChI is InChI=1S/C16H13BrF2N2O3/c17-13-8-12(19)5-6-14(13)24-9-16(23)21-20-15(22)7-10-1-3-11(18)4-2-10/h1-6,8H,7,9H2,(H,20,22)(H,21,23). The first kappa shape index (κ1) is 17.9. The van der Waals surface area contributed by atoms with Crippen LogP contribution in [-0.2, 0) is 16.0 Å². The molecule has 2 rings (SSSR count). The smallest absolute Gasteiger partial charge is 0.276 e. The van der Waals surface area contributed by atoms with Gasteiger partial charge >= 0.3 is 0 Å². The minimum atomic E-state index is -0.585. The maximum Gasteiger partial charge on any atom is 0.276 e. The summed E-state index contributed by atoms with van der Waals surface area (Å²) in [6.45, 7) is -0.360. The van der Waals surface area contributed by atoms with Crippen molar-refractivity contribution in [2.45, 2.75) is 6.42 Å². The average molecular weight is 399 g/mol.